The van der Waals surface area contributed by atoms with Crippen molar-refractivity contribution in [2.75, 3.05) is 11.9 Å². The lowest BCUT2D eigenvalue weighted by Crippen LogP contribution is -2.37. The Bertz CT molecular complexity index is 951. The molecule has 0 fully saturated rings. The lowest BCUT2D eigenvalue weighted by atomic mass is 10.00. The maximum absolute atomic E-state index is 13.0. The van der Waals surface area contributed by atoms with Crippen LogP contribution in [0.1, 0.15) is 16.7 Å². The molecule has 128 valence electrons. The van der Waals surface area contributed by atoms with E-state index < -0.39 is 0 Å². The van der Waals surface area contributed by atoms with Crippen molar-refractivity contribution in [3.8, 4) is 0 Å². The summed E-state index contributed by atoms with van der Waals surface area (Å²) in [5, 5.41) is 6.04. The summed E-state index contributed by atoms with van der Waals surface area (Å²) in [6.45, 7) is 0.499. The standard InChI is InChI=1S/C22H19N3O/c1-24-22(26)25(16-17-10-4-2-5-11-17)20-15-9-8-14-19(20)21(23-24)18-12-6-3-7-13-18/h2-15H,16H2,1H3. The molecule has 0 bridgehead atoms. The van der Waals surface area contributed by atoms with Crippen molar-refractivity contribution >= 4 is 17.4 Å². The molecule has 1 heterocycles. The topological polar surface area (TPSA) is 35.9 Å². The first-order valence-electron chi connectivity index (χ1n) is 8.56. The Labute approximate surface area is 153 Å². The predicted octanol–water partition coefficient (Wildman–Crippen LogP) is 4.51. The lowest BCUT2D eigenvalue weighted by molar-refractivity contribution is 0.217. The summed E-state index contributed by atoms with van der Waals surface area (Å²) in [6.07, 6.45) is 0. The Morgan fingerprint density at radius 1 is 0.808 bits per heavy atom. The highest BCUT2D eigenvalue weighted by Gasteiger charge is 2.28. The van der Waals surface area contributed by atoms with Crippen LogP contribution in [-0.4, -0.2) is 23.8 Å². The monoisotopic (exact) mass is 341 g/mol. The Morgan fingerprint density at radius 3 is 2.15 bits per heavy atom. The fourth-order valence-electron chi connectivity index (χ4n) is 3.16. The van der Waals surface area contributed by atoms with E-state index in [1.165, 1.54) is 5.01 Å². The summed E-state index contributed by atoms with van der Waals surface area (Å²) in [7, 11) is 1.70. The van der Waals surface area contributed by atoms with Crippen LogP contribution >= 0.6 is 0 Å². The average Bonchev–Trinajstić information content (AvgIpc) is 2.80. The highest BCUT2D eigenvalue weighted by atomic mass is 16.2. The molecule has 4 rings (SSSR count). The molecule has 2 amide bonds. The van der Waals surface area contributed by atoms with E-state index in [1.54, 1.807) is 11.9 Å². The quantitative estimate of drug-likeness (QED) is 0.690. The van der Waals surface area contributed by atoms with E-state index in [0.717, 1.165) is 28.1 Å². The third-order valence-electron chi connectivity index (χ3n) is 4.44. The lowest BCUT2D eigenvalue weighted by Gasteiger charge is -2.25. The summed E-state index contributed by atoms with van der Waals surface area (Å²) < 4.78 is 0. The molecular weight excluding hydrogens is 322 g/mol. The first-order valence-corrected chi connectivity index (χ1v) is 8.56. The third-order valence-corrected chi connectivity index (χ3v) is 4.44. The summed E-state index contributed by atoms with van der Waals surface area (Å²) in [5.41, 5.74) is 4.68. The highest BCUT2D eigenvalue weighted by molar-refractivity contribution is 6.18. The van der Waals surface area contributed by atoms with E-state index in [4.69, 9.17) is 0 Å². The number of hydrazone groups is 1. The molecule has 0 N–H and O–H groups in total. The van der Waals surface area contributed by atoms with E-state index in [2.05, 4.69) is 5.10 Å². The van der Waals surface area contributed by atoms with Gasteiger partial charge in [-0.3, -0.25) is 4.90 Å². The third kappa shape index (κ3) is 2.97. The maximum atomic E-state index is 13.0. The highest BCUT2D eigenvalue weighted by Crippen LogP contribution is 2.29. The Hall–Kier alpha value is -3.40. The molecule has 4 nitrogen and oxygen atoms in total. The molecule has 0 aliphatic carbocycles. The largest absolute Gasteiger partial charge is 0.344 e. The number of fused-ring (bicyclic) bond motifs is 1. The molecule has 0 aromatic heterocycles. The molecule has 3 aromatic carbocycles. The van der Waals surface area contributed by atoms with E-state index in [1.807, 2.05) is 84.9 Å². The summed E-state index contributed by atoms with van der Waals surface area (Å²) in [4.78, 5) is 14.8. The van der Waals surface area contributed by atoms with Gasteiger partial charge in [0, 0.05) is 18.2 Å². The number of urea groups is 1. The number of para-hydroxylation sites is 1. The minimum Gasteiger partial charge on any atom is -0.288 e. The van der Waals surface area contributed by atoms with Crippen molar-refractivity contribution in [3.63, 3.8) is 0 Å². The van der Waals surface area contributed by atoms with E-state index in [-0.39, 0.29) is 6.03 Å². The van der Waals surface area contributed by atoms with Crippen LogP contribution in [0.3, 0.4) is 0 Å². The van der Waals surface area contributed by atoms with Gasteiger partial charge < -0.3 is 0 Å². The summed E-state index contributed by atoms with van der Waals surface area (Å²) in [5.74, 6) is 0. The molecule has 0 spiro atoms. The molecular formula is C22H19N3O. The van der Waals surface area contributed by atoms with Crippen LogP contribution in [0.2, 0.25) is 0 Å². The van der Waals surface area contributed by atoms with Gasteiger partial charge in [-0.1, -0.05) is 78.9 Å². The molecule has 26 heavy (non-hydrogen) atoms. The van der Waals surface area contributed by atoms with Crippen molar-refractivity contribution in [1.29, 1.82) is 0 Å². The van der Waals surface area contributed by atoms with E-state index >= 15 is 0 Å². The molecule has 0 radical (unpaired) electrons. The fraction of sp³-hybridized carbons (Fsp3) is 0.0909. The maximum Gasteiger partial charge on any atom is 0.344 e. The van der Waals surface area contributed by atoms with Gasteiger partial charge in [0.05, 0.1) is 12.2 Å². The Balaban J connectivity index is 1.84. The van der Waals surface area contributed by atoms with Crippen LogP contribution in [0.25, 0.3) is 0 Å². The van der Waals surface area contributed by atoms with Crippen LogP contribution in [-0.2, 0) is 6.54 Å². The van der Waals surface area contributed by atoms with Gasteiger partial charge in [-0.2, -0.15) is 5.10 Å². The molecule has 4 heteroatoms. The second-order valence-corrected chi connectivity index (χ2v) is 6.21. The number of rotatable bonds is 3. The van der Waals surface area contributed by atoms with Gasteiger partial charge >= 0.3 is 6.03 Å². The van der Waals surface area contributed by atoms with Crippen molar-refractivity contribution in [2.45, 2.75) is 6.54 Å². The number of anilines is 1. The van der Waals surface area contributed by atoms with Gasteiger partial charge in [-0.25, -0.2) is 9.80 Å². The average molecular weight is 341 g/mol. The number of nitrogens with zero attached hydrogens (tertiary/aromatic N) is 3. The molecule has 0 saturated carbocycles. The SMILES string of the molecule is CN1N=C(c2ccccc2)c2ccccc2N(Cc2ccccc2)C1=O. The number of hydrogen-bond donors (Lipinski definition) is 0. The van der Waals surface area contributed by atoms with Crippen molar-refractivity contribution in [2.24, 2.45) is 5.10 Å². The van der Waals surface area contributed by atoms with Gasteiger partial charge in [-0.05, 0) is 11.6 Å². The second-order valence-electron chi connectivity index (χ2n) is 6.21. The number of carbonyl (C=O) groups is 1. The Kier molecular flexibility index (Phi) is 4.23. The summed E-state index contributed by atoms with van der Waals surface area (Å²) >= 11 is 0. The smallest absolute Gasteiger partial charge is 0.288 e. The number of hydrogen-bond acceptors (Lipinski definition) is 2. The zero-order valence-corrected chi connectivity index (χ0v) is 14.5. The van der Waals surface area contributed by atoms with Crippen LogP contribution in [0.15, 0.2) is 90.0 Å². The van der Waals surface area contributed by atoms with E-state index in [0.29, 0.717) is 6.54 Å². The van der Waals surface area contributed by atoms with Crippen molar-refractivity contribution in [1.82, 2.24) is 5.01 Å². The van der Waals surface area contributed by atoms with Crippen LogP contribution in [0, 0.1) is 0 Å². The Morgan fingerprint density at radius 2 is 1.42 bits per heavy atom. The van der Waals surface area contributed by atoms with E-state index in [9.17, 15) is 4.79 Å². The molecule has 0 unspecified atom stereocenters. The number of amides is 2. The molecule has 0 atom stereocenters. The van der Waals surface area contributed by atoms with Gasteiger partial charge in [0.2, 0.25) is 0 Å². The number of benzene rings is 3. The molecule has 0 saturated heterocycles. The fourth-order valence-corrected chi connectivity index (χ4v) is 3.16. The van der Waals surface area contributed by atoms with Crippen LogP contribution in [0.4, 0.5) is 10.5 Å². The normalized spacial score (nSPS) is 13.9. The van der Waals surface area contributed by atoms with Gasteiger partial charge in [-0.15, -0.1) is 0 Å². The van der Waals surface area contributed by atoms with Gasteiger partial charge in [0.15, 0.2) is 0 Å². The van der Waals surface area contributed by atoms with Gasteiger partial charge in [0.1, 0.15) is 5.71 Å². The van der Waals surface area contributed by atoms with Gasteiger partial charge in [0.25, 0.3) is 0 Å². The molecule has 3 aromatic rings. The van der Waals surface area contributed by atoms with Crippen LogP contribution in [0.5, 0.6) is 0 Å². The zero-order valence-electron chi connectivity index (χ0n) is 14.5. The van der Waals surface area contributed by atoms with Crippen LogP contribution < -0.4 is 4.90 Å². The second kappa shape index (κ2) is 6.84. The van der Waals surface area contributed by atoms with Crippen molar-refractivity contribution < 1.29 is 4.79 Å². The first-order chi connectivity index (χ1) is 12.7. The minimum absolute atomic E-state index is 0.146. The molecule has 1 aliphatic heterocycles. The number of carbonyl (C=O) groups excluding carboxylic acids is 1. The summed E-state index contributed by atoms with van der Waals surface area (Å²) in [6, 6.07) is 27.8. The minimum atomic E-state index is -0.146. The van der Waals surface area contributed by atoms with Crippen molar-refractivity contribution in [3.05, 3.63) is 102 Å². The zero-order chi connectivity index (χ0) is 17.9. The molecule has 1 aliphatic rings. The first kappa shape index (κ1) is 16.1. The predicted molar refractivity (Wildman–Crippen MR) is 104 cm³/mol.